The summed E-state index contributed by atoms with van der Waals surface area (Å²) in [7, 11) is 0. The van der Waals surface area contributed by atoms with Crippen LogP contribution in [0.1, 0.15) is 30.9 Å². The highest BCUT2D eigenvalue weighted by Gasteiger charge is 2.52. The van der Waals surface area contributed by atoms with E-state index in [1.54, 1.807) is 11.8 Å². The lowest BCUT2D eigenvalue weighted by atomic mass is 9.81. The number of rotatable bonds is 5. The highest BCUT2D eigenvalue weighted by atomic mass is 32.2. The van der Waals surface area contributed by atoms with E-state index in [1.165, 1.54) is 0 Å². The molecule has 1 amide bonds. The number of unbranched alkanes of at least 4 members (excludes halogenated alkanes) is 1. The molecule has 24 heavy (non-hydrogen) atoms. The Morgan fingerprint density at radius 2 is 1.54 bits per heavy atom. The second-order valence-corrected chi connectivity index (χ2v) is 6.62. The number of hydrogen-bond acceptors (Lipinski definition) is 3. The van der Waals surface area contributed by atoms with Crippen molar-refractivity contribution in [3.8, 4) is 0 Å². The Bertz CT molecular complexity index is 688. The lowest BCUT2D eigenvalue weighted by Gasteiger charge is -2.39. The van der Waals surface area contributed by atoms with E-state index in [2.05, 4.69) is 16.8 Å². The molecule has 0 bridgehead atoms. The minimum atomic E-state index is -0.851. The van der Waals surface area contributed by atoms with Gasteiger partial charge in [-0.15, -0.1) is 0 Å². The normalized spacial score (nSPS) is 16.3. The summed E-state index contributed by atoms with van der Waals surface area (Å²) < 4.78 is 0. The Hall–Kier alpha value is -2.07. The average Bonchev–Trinajstić information content (AvgIpc) is 2.93. The molecule has 0 aliphatic carbocycles. The van der Waals surface area contributed by atoms with Crippen LogP contribution in [-0.4, -0.2) is 28.8 Å². The summed E-state index contributed by atoms with van der Waals surface area (Å²) >= 11 is 1.54. The fourth-order valence-corrected chi connectivity index (χ4v) is 3.93. The van der Waals surface area contributed by atoms with Gasteiger partial charge in [0.25, 0.3) is 5.91 Å². The molecule has 3 rings (SSSR count). The van der Waals surface area contributed by atoms with Crippen molar-refractivity contribution >= 4 is 22.8 Å². The third kappa shape index (κ3) is 2.65. The minimum Gasteiger partial charge on any atom is -0.329 e. The third-order valence-corrected chi connectivity index (χ3v) is 5.12. The first kappa shape index (κ1) is 16.8. The van der Waals surface area contributed by atoms with Crippen LogP contribution < -0.4 is 0 Å². The number of hydrogen-bond donors (Lipinski definition) is 0. The molecule has 0 saturated carbocycles. The summed E-state index contributed by atoms with van der Waals surface area (Å²) in [6.07, 6.45) is 4.08. The molecule has 0 unspecified atom stereocenters. The van der Waals surface area contributed by atoms with Crippen molar-refractivity contribution in [1.29, 1.82) is 0 Å². The molecule has 0 fully saturated rings. The highest BCUT2D eigenvalue weighted by molar-refractivity contribution is 8.13. The molecule has 2 aromatic rings. The molecule has 1 heterocycles. The Morgan fingerprint density at radius 3 is 2.00 bits per heavy atom. The number of carbonyl (C=O) groups excluding carboxylic acids is 1. The molecule has 0 radical (unpaired) electrons. The van der Waals surface area contributed by atoms with Gasteiger partial charge in [-0.2, -0.15) is 4.99 Å². The van der Waals surface area contributed by atoms with E-state index in [0.717, 1.165) is 35.7 Å². The van der Waals surface area contributed by atoms with Crippen LogP contribution in [0.5, 0.6) is 0 Å². The van der Waals surface area contributed by atoms with E-state index >= 15 is 0 Å². The molecular formula is C20H22N2OS. The zero-order chi connectivity index (χ0) is 17.0. The first-order chi connectivity index (χ1) is 11.7. The lowest BCUT2D eigenvalue weighted by Crippen LogP contribution is -2.49. The van der Waals surface area contributed by atoms with Gasteiger partial charge in [0, 0.05) is 6.54 Å². The zero-order valence-electron chi connectivity index (χ0n) is 14.1. The van der Waals surface area contributed by atoms with Crippen LogP contribution in [0, 0.1) is 0 Å². The van der Waals surface area contributed by atoms with Crippen LogP contribution >= 0.6 is 11.8 Å². The fourth-order valence-electron chi connectivity index (χ4n) is 3.31. The van der Waals surface area contributed by atoms with E-state index in [9.17, 15) is 4.79 Å². The van der Waals surface area contributed by atoms with Gasteiger partial charge in [-0.05, 0) is 23.8 Å². The molecule has 0 spiro atoms. The van der Waals surface area contributed by atoms with E-state index in [4.69, 9.17) is 0 Å². The van der Waals surface area contributed by atoms with Crippen molar-refractivity contribution in [3.63, 3.8) is 0 Å². The lowest BCUT2D eigenvalue weighted by molar-refractivity contribution is -0.124. The van der Waals surface area contributed by atoms with Gasteiger partial charge in [0.1, 0.15) is 0 Å². The van der Waals surface area contributed by atoms with Crippen molar-refractivity contribution in [1.82, 2.24) is 4.90 Å². The van der Waals surface area contributed by atoms with E-state index in [0.29, 0.717) is 0 Å². The number of nitrogens with zero attached hydrogens (tertiary/aromatic N) is 2. The predicted molar refractivity (Wildman–Crippen MR) is 101 cm³/mol. The molecule has 0 aromatic heterocycles. The first-order valence-electron chi connectivity index (χ1n) is 8.31. The maximum Gasteiger partial charge on any atom is 0.283 e. The smallest absolute Gasteiger partial charge is 0.283 e. The van der Waals surface area contributed by atoms with Gasteiger partial charge in [-0.1, -0.05) is 85.8 Å². The summed E-state index contributed by atoms with van der Waals surface area (Å²) in [5.41, 5.74) is 1.10. The summed E-state index contributed by atoms with van der Waals surface area (Å²) in [5, 5.41) is 0.807. The van der Waals surface area contributed by atoms with Crippen LogP contribution in [0.2, 0.25) is 0 Å². The number of carbonyl (C=O) groups is 1. The summed E-state index contributed by atoms with van der Waals surface area (Å²) in [4.78, 5) is 19.8. The fraction of sp³-hybridized carbons (Fsp3) is 0.300. The third-order valence-electron chi connectivity index (χ3n) is 4.44. The average molecular weight is 338 g/mol. The van der Waals surface area contributed by atoms with Crippen LogP contribution in [-0.2, 0) is 10.3 Å². The van der Waals surface area contributed by atoms with Crippen LogP contribution in [0.4, 0.5) is 0 Å². The molecule has 1 aliphatic rings. The number of amidine groups is 1. The van der Waals surface area contributed by atoms with Gasteiger partial charge in [-0.3, -0.25) is 4.79 Å². The molecule has 124 valence electrons. The van der Waals surface area contributed by atoms with Gasteiger partial charge in [-0.25, -0.2) is 0 Å². The number of amides is 1. The first-order valence-corrected chi connectivity index (χ1v) is 9.53. The number of thioether (sulfide) groups is 1. The van der Waals surface area contributed by atoms with Crippen LogP contribution in [0.15, 0.2) is 65.7 Å². The molecule has 0 saturated heterocycles. The molecule has 0 N–H and O–H groups in total. The summed E-state index contributed by atoms with van der Waals surface area (Å²) in [6.45, 7) is 2.98. The van der Waals surface area contributed by atoms with Crippen molar-refractivity contribution in [2.75, 3.05) is 12.8 Å². The van der Waals surface area contributed by atoms with Gasteiger partial charge in [0.05, 0.1) is 0 Å². The van der Waals surface area contributed by atoms with Crippen molar-refractivity contribution in [3.05, 3.63) is 71.8 Å². The van der Waals surface area contributed by atoms with E-state index in [-0.39, 0.29) is 5.91 Å². The quantitative estimate of drug-likeness (QED) is 0.815. The highest BCUT2D eigenvalue weighted by Crippen LogP contribution is 2.42. The van der Waals surface area contributed by atoms with E-state index < -0.39 is 5.54 Å². The van der Waals surface area contributed by atoms with Gasteiger partial charge < -0.3 is 4.90 Å². The minimum absolute atomic E-state index is 0.0969. The summed E-state index contributed by atoms with van der Waals surface area (Å²) in [5.74, 6) is -0.0969. The van der Waals surface area contributed by atoms with Gasteiger partial charge >= 0.3 is 0 Å². The van der Waals surface area contributed by atoms with Crippen molar-refractivity contribution in [2.45, 2.75) is 25.3 Å². The number of benzene rings is 2. The molecular weight excluding hydrogens is 316 g/mol. The van der Waals surface area contributed by atoms with Gasteiger partial charge in [0.2, 0.25) is 0 Å². The van der Waals surface area contributed by atoms with Crippen LogP contribution in [0.25, 0.3) is 0 Å². The molecule has 3 nitrogen and oxygen atoms in total. The van der Waals surface area contributed by atoms with Crippen molar-refractivity contribution < 1.29 is 4.79 Å². The Morgan fingerprint density at radius 1 is 1.00 bits per heavy atom. The largest absolute Gasteiger partial charge is 0.329 e. The Kier molecular flexibility index (Phi) is 5.05. The molecule has 1 aliphatic heterocycles. The van der Waals surface area contributed by atoms with Crippen LogP contribution in [0.3, 0.4) is 0 Å². The second-order valence-electron chi connectivity index (χ2n) is 5.85. The maximum absolute atomic E-state index is 13.2. The topological polar surface area (TPSA) is 32.7 Å². The maximum atomic E-state index is 13.2. The SMILES string of the molecule is CCCCN1C(SC)=NC(=O)C1(c1ccccc1)c1ccccc1. The van der Waals surface area contributed by atoms with Crippen molar-refractivity contribution in [2.24, 2.45) is 4.99 Å². The number of aliphatic imine (C=N–C) groups is 1. The molecule has 4 heteroatoms. The Labute approximate surface area is 147 Å². The molecule has 2 aromatic carbocycles. The Balaban J connectivity index is 2.22. The molecule has 0 atom stereocenters. The summed E-state index contributed by atoms with van der Waals surface area (Å²) in [6, 6.07) is 20.0. The monoisotopic (exact) mass is 338 g/mol. The van der Waals surface area contributed by atoms with Gasteiger partial charge in [0.15, 0.2) is 10.7 Å². The predicted octanol–water partition coefficient (Wildman–Crippen LogP) is 4.29. The standard InChI is InChI=1S/C20H22N2OS/c1-3-4-15-22-19(24-2)21-18(23)20(22,16-11-7-5-8-12-16)17-13-9-6-10-14-17/h5-14H,3-4,15H2,1-2H3. The second kappa shape index (κ2) is 7.22. The van der Waals surface area contributed by atoms with E-state index in [1.807, 2.05) is 66.9 Å². The zero-order valence-corrected chi connectivity index (χ0v) is 14.9.